The summed E-state index contributed by atoms with van der Waals surface area (Å²) in [6.07, 6.45) is 0. The zero-order valence-corrected chi connectivity index (χ0v) is 11.8. The van der Waals surface area contributed by atoms with Crippen LogP contribution in [0.25, 0.3) is 0 Å². The molecule has 4 nitrogen and oxygen atoms in total. The van der Waals surface area contributed by atoms with E-state index >= 15 is 0 Å². The molecule has 1 aromatic heterocycles. The highest BCUT2D eigenvalue weighted by Crippen LogP contribution is 2.25. The van der Waals surface area contributed by atoms with Crippen LogP contribution in [0, 0.1) is 0 Å². The number of benzene rings is 1. The van der Waals surface area contributed by atoms with E-state index in [9.17, 15) is 9.00 Å². The van der Waals surface area contributed by atoms with Crippen molar-refractivity contribution in [3.63, 3.8) is 0 Å². The fourth-order valence-corrected chi connectivity index (χ4v) is 3.80. The summed E-state index contributed by atoms with van der Waals surface area (Å²) >= 11 is 1.14. The standard InChI is InChI=1S/C13H12O4S2/c1-17-10-4-2-3-5-11(10)19(16)8-9-6-7-18-12(9)13(14)15/h2-7H,8H2,1H3,(H,14,15). The molecule has 6 heteroatoms. The van der Waals surface area contributed by atoms with Gasteiger partial charge in [0, 0.05) is 0 Å². The minimum Gasteiger partial charge on any atom is -0.495 e. The van der Waals surface area contributed by atoms with Gasteiger partial charge in [-0.25, -0.2) is 4.79 Å². The Morgan fingerprint density at radius 3 is 2.79 bits per heavy atom. The summed E-state index contributed by atoms with van der Waals surface area (Å²) in [5, 5.41) is 10.7. The maximum absolute atomic E-state index is 12.3. The number of carboxylic acid groups (broad SMARTS) is 1. The lowest BCUT2D eigenvalue weighted by atomic mass is 10.3. The molecule has 1 aromatic carbocycles. The van der Waals surface area contributed by atoms with Gasteiger partial charge in [0.15, 0.2) is 0 Å². The van der Waals surface area contributed by atoms with Crippen LogP contribution in [0.1, 0.15) is 15.2 Å². The van der Waals surface area contributed by atoms with Crippen molar-refractivity contribution in [1.82, 2.24) is 0 Å². The van der Waals surface area contributed by atoms with Crippen LogP contribution in [0.4, 0.5) is 0 Å². The summed E-state index contributed by atoms with van der Waals surface area (Å²) in [5.41, 5.74) is 0.585. The number of hydrogen-bond donors (Lipinski definition) is 1. The maximum Gasteiger partial charge on any atom is 0.346 e. The fraction of sp³-hybridized carbons (Fsp3) is 0.154. The fourth-order valence-electron chi connectivity index (χ4n) is 1.66. The Bertz CT molecular complexity index is 619. The van der Waals surface area contributed by atoms with E-state index in [1.165, 1.54) is 7.11 Å². The van der Waals surface area contributed by atoms with Gasteiger partial charge in [-0.1, -0.05) is 12.1 Å². The first-order chi connectivity index (χ1) is 9.13. The van der Waals surface area contributed by atoms with E-state index in [4.69, 9.17) is 9.84 Å². The van der Waals surface area contributed by atoms with Crippen molar-refractivity contribution in [2.45, 2.75) is 10.6 Å². The van der Waals surface area contributed by atoms with Crippen molar-refractivity contribution < 1.29 is 18.8 Å². The van der Waals surface area contributed by atoms with Gasteiger partial charge < -0.3 is 9.84 Å². The van der Waals surface area contributed by atoms with Gasteiger partial charge in [0.05, 0.1) is 28.6 Å². The number of methoxy groups -OCH3 is 1. The molecular formula is C13H12O4S2. The van der Waals surface area contributed by atoms with Crippen molar-refractivity contribution in [2.75, 3.05) is 7.11 Å². The van der Waals surface area contributed by atoms with Crippen molar-refractivity contribution in [2.24, 2.45) is 0 Å². The van der Waals surface area contributed by atoms with E-state index in [1.54, 1.807) is 35.7 Å². The van der Waals surface area contributed by atoms with Crippen LogP contribution in [-0.4, -0.2) is 22.4 Å². The van der Waals surface area contributed by atoms with Crippen molar-refractivity contribution in [3.8, 4) is 5.75 Å². The number of ether oxygens (including phenoxy) is 1. The second-order valence-electron chi connectivity index (χ2n) is 3.72. The van der Waals surface area contributed by atoms with E-state index in [2.05, 4.69) is 0 Å². The Morgan fingerprint density at radius 2 is 2.11 bits per heavy atom. The van der Waals surface area contributed by atoms with Crippen LogP contribution in [0.5, 0.6) is 5.75 Å². The second kappa shape index (κ2) is 5.99. The van der Waals surface area contributed by atoms with Gasteiger partial charge in [-0.2, -0.15) is 0 Å². The minimum absolute atomic E-state index is 0.172. The summed E-state index contributed by atoms with van der Waals surface area (Å²) in [6.45, 7) is 0. The average Bonchev–Trinajstić information content (AvgIpc) is 2.87. The largest absolute Gasteiger partial charge is 0.495 e. The van der Waals surface area contributed by atoms with Crippen LogP contribution in [0.3, 0.4) is 0 Å². The molecule has 1 atom stereocenters. The lowest BCUT2D eigenvalue weighted by molar-refractivity contribution is 0.0701. The third kappa shape index (κ3) is 3.02. The first kappa shape index (κ1) is 13.8. The monoisotopic (exact) mass is 296 g/mol. The van der Waals surface area contributed by atoms with Gasteiger partial charge in [-0.05, 0) is 29.1 Å². The maximum atomic E-state index is 12.3. The molecule has 0 aliphatic carbocycles. The molecule has 2 aromatic rings. The highest BCUT2D eigenvalue weighted by atomic mass is 32.2. The predicted octanol–water partition coefficient (Wildman–Crippen LogP) is 2.76. The van der Waals surface area contributed by atoms with E-state index in [0.717, 1.165) is 11.3 Å². The molecule has 1 unspecified atom stereocenters. The molecule has 0 aliphatic rings. The summed E-state index contributed by atoms with van der Waals surface area (Å²) in [6, 6.07) is 8.73. The SMILES string of the molecule is COc1ccccc1S(=O)Cc1ccsc1C(=O)O. The average molecular weight is 296 g/mol. The number of hydrogen-bond acceptors (Lipinski definition) is 4. The Kier molecular flexibility index (Phi) is 4.34. The molecule has 19 heavy (non-hydrogen) atoms. The minimum atomic E-state index is -1.33. The van der Waals surface area contributed by atoms with Crippen LogP contribution >= 0.6 is 11.3 Å². The van der Waals surface area contributed by atoms with E-state index in [0.29, 0.717) is 16.2 Å². The van der Waals surface area contributed by atoms with Gasteiger partial charge in [0.25, 0.3) is 0 Å². The van der Waals surface area contributed by atoms with Crippen molar-refractivity contribution in [1.29, 1.82) is 0 Å². The topological polar surface area (TPSA) is 63.6 Å². The normalized spacial score (nSPS) is 12.1. The van der Waals surface area contributed by atoms with Crippen LogP contribution < -0.4 is 4.74 Å². The molecule has 2 rings (SSSR count). The van der Waals surface area contributed by atoms with Crippen molar-refractivity contribution in [3.05, 3.63) is 46.2 Å². The molecule has 100 valence electrons. The summed E-state index contributed by atoms with van der Waals surface area (Å²) in [7, 11) is 0.184. The van der Waals surface area contributed by atoms with Crippen LogP contribution in [-0.2, 0) is 16.6 Å². The highest BCUT2D eigenvalue weighted by molar-refractivity contribution is 7.84. The first-order valence-electron chi connectivity index (χ1n) is 5.44. The third-order valence-corrected chi connectivity index (χ3v) is 4.89. The number of aromatic carboxylic acids is 1. The van der Waals surface area contributed by atoms with Gasteiger partial charge in [0.1, 0.15) is 10.6 Å². The van der Waals surface area contributed by atoms with E-state index in [1.807, 2.05) is 0 Å². The quantitative estimate of drug-likeness (QED) is 0.921. The Hall–Kier alpha value is -1.66. The molecular weight excluding hydrogens is 284 g/mol. The predicted molar refractivity (Wildman–Crippen MR) is 74.4 cm³/mol. The molecule has 1 heterocycles. The third-order valence-electron chi connectivity index (χ3n) is 2.54. The molecule has 0 radical (unpaired) electrons. The Labute approximate surface area is 117 Å². The molecule has 0 aliphatic heterocycles. The number of carboxylic acids is 1. The molecule has 0 fully saturated rings. The highest BCUT2D eigenvalue weighted by Gasteiger charge is 2.16. The number of carbonyl (C=O) groups is 1. The summed E-state index contributed by atoms with van der Waals surface area (Å²) in [5.74, 6) is -0.263. The molecule has 1 N–H and O–H groups in total. The second-order valence-corrected chi connectivity index (χ2v) is 6.06. The lowest BCUT2D eigenvalue weighted by Crippen LogP contribution is -2.03. The van der Waals surface area contributed by atoms with Crippen molar-refractivity contribution >= 4 is 28.1 Å². The summed E-state index contributed by atoms with van der Waals surface area (Å²) < 4.78 is 17.5. The zero-order valence-electron chi connectivity index (χ0n) is 10.2. The van der Waals surface area contributed by atoms with Gasteiger partial charge >= 0.3 is 5.97 Å². The molecule has 0 spiro atoms. The van der Waals surface area contributed by atoms with Gasteiger partial charge in [0.2, 0.25) is 0 Å². The number of para-hydroxylation sites is 1. The van der Waals surface area contributed by atoms with Gasteiger partial charge in [-0.15, -0.1) is 11.3 Å². The number of rotatable bonds is 5. The zero-order chi connectivity index (χ0) is 13.8. The van der Waals surface area contributed by atoms with E-state index < -0.39 is 16.8 Å². The smallest absolute Gasteiger partial charge is 0.346 e. The first-order valence-corrected chi connectivity index (χ1v) is 7.64. The van der Waals surface area contributed by atoms with E-state index in [-0.39, 0.29) is 10.6 Å². The summed E-state index contributed by atoms with van der Waals surface area (Å²) in [4.78, 5) is 11.8. The molecule has 0 saturated carbocycles. The van der Waals surface area contributed by atoms with Gasteiger partial charge in [-0.3, -0.25) is 4.21 Å². The Morgan fingerprint density at radius 1 is 1.37 bits per heavy atom. The molecule has 0 amide bonds. The lowest BCUT2D eigenvalue weighted by Gasteiger charge is -2.07. The molecule has 0 bridgehead atoms. The number of thiophene rings is 1. The van der Waals surface area contributed by atoms with Crippen LogP contribution in [0.15, 0.2) is 40.6 Å². The molecule has 0 saturated heterocycles. The van der Waals surface area contributed by atoms with Crippen LogP contribution in [0.2, 0.25) is 0 Å². The Balaban J connectivity index is 2.26.